The second-order valence-corrected chi connectivity index (χ2v) is 10.8. The maximum atomic E-state index is 12.9. The molecular formula is C29H47N3O4. The summed E-state index contributed by atoms with van der Waals surface area (Å²) in [5, 5.41) is 16.2. The first kappa shape index (κ1) is 31.4. The van der Waals surface area contributed by atoms with Gasteiger partial charge < -0.3 is 20.5 Å². The lowest BCUT2D eigenvalue weighted by molar-refractivity contribution is -0.128. The summed E-state index contributed by atoms with van der Waals surface area (Å²) in [4.78, 5) is 29.8. The van der Waals surface area contributed by atoms with Crippen molar-refractivity contribution in [1.82, 2.24) is 10.6 Å². The first-order chi connectivity index (χ1) is 16.8. The molecule has 0 aromatic heterocycles. The molecule has 202 valence electrons. The molecule has 7 heteroatoms. The van der Waals surface area contributed by atoms with Crippen LogP contribution in [0.4, 0.5) is 5.69 Å². The molecule has 0 fully saturated rings. The second-order valence-electron chi connectivity index (χ2n) is 10.8. The monoisotopic (exact) mass is 501 g/mol. The van der Waals surface area contributed by atoms with Crippen molar-refractivity contribution in [3.05, 3.63) is 41.2 Å². The van der Waals surface area contributed by atoms with Gasteiger partial charge in [-0.05, 0) is 69.6 Å². The van der Waals surface area contributed by atoms with Crippen LogP contribution in [0.2, 0.25) is 0 Å². The van der Waals surface area contributed by atoms with E-state index in [2.05, 4.69) is 36.4 Å². The molecule has 0 spiro atoms. The zero-order valence-corrected chi connectivity index (χ0v) is 23.6. The Morgan fingerprint density at radius 2 is 1.67 bits per heavy atom. The highest BCUT2D eigenvalue weighted by molar-refractivity contribution is 6.45. The number of para-hydroxylation sites is 1. The second kappa shape index (κ2) is 14.8. The first-order valence-corrected chi connectivity index (χ1v) is 13.0. The third-order valence-electron chi connectivity index (χ3n) is 6.24. The summed E-state index contributed by atoms with van der Waals surface area (Å²) in [7, 11) is 0. The fourth-order valence-corrected chi connectivity index (χ4v) is 3.76. The average Bonchev–Trinajstić information content (AvgIpc) is 2.79. The van der Waals surface area contributed by atoms with Gasteiger partial charge in [0.1, 0.15) is 5.76 Å². The van der Waals surface area contributed by atoms with Crippen LogP contribution in [-0.4, -0.2) is 47.9 Å². The van der Waals surface area contributed by atoms with Crippen LogP contribution in [0.15, 0.2) is 40.6 Å². The van der Waals surface area contributed by atoms with Gasteiger partial charge in [-0.1, -0.05) is 52.3 Å². The van der Waals surface area contributed by atoms with Crippen LogP contribution in [0.5, 0.6) is 0 Å². The average molecular weight is 502 g/mol. The van der Waals surface area contributed by atoms with Gasteiger partial charge in [-0.2, -0.15) is 0 Å². The SMILES string of the molecule is CCCC(C)(C)CCOC(C)(C)CC(=O)NCCNC(=O)C(=Nc1ccccc1C)/C(O)=C(\C)CC. The molecule has 0 saturated heterocycles. The Bertz CT molecular complexity index is 932. The molecule has 1 aromatic rings. The highest BCUT2D eigenvalue weighted by Crippen LogP contribution is 2.27. The lowest BCUT2D eigenvalue weighted by Crippen LogP contribution is -2.40. The van der Waals surface area contributed by atoms with Gasteiger partial charge in [0.25, 0.3) is 5.91 Å². The number of aliphatic hydroxyl groups is 1. The predicted molar refractivity (Wildman–Crippen MR) is 148 cm³/mol. The number of aliphatic hydroxyl groups excluding tert-OH is 1. The third kappa shape index (κ3) is 11.4. The number of hydrogen-bond donors (Lipinski definition) is 3. The Morgan fingerprint density at radius 1 is 1.03 bits per heavy atom. The van der Waals surface area contributed by atoms with E-state index in [1.807, 2.05) is 45.9 Å². The molecule has 0 bridgehead atoms. The Balaban J connectivity index is 2.63. The largest absolute Gasteiger partial charge is 0.506 e. The summed E-state index contributed by atoms with van der Waals surface area (Å²) in [5.74, 6) is -0.750. The normalized spacial score (nSPS) is 13.3. The van der Waals surface area contributed by atoms with E-state index in [0.717, 1.165) is 24.8 Å². The number of hydrogen-bond acceptors (Lipinski definition) is 5. The van der Waals surface area contributed by atoms with E-state index >= 15 is 0 Å². The molecule has 7 nitrogen and oxygen atoms in total. The number of amides is 2. The molecule has 0 atom stereocenters. The molecule has 1 rings (SSSR count). The number of nitrogens with zero attached hydrogens (tertiary/aromatic N) is 1. The summed E-state index contributed by atoms with van der Waals surface area (Å²) in [6.07, 6.45) is 4.06. The lowest BCUT2D eigenvalue weighted by Gasteiger charge is -2.29. The number of carbonyl (C=O) groups excluding carboxylic acids is 2. The van der Waals surface area contributed by atoms with E-state index in [4.69, 9.17) is 4.74 Å². The lowest BCUT2D eigenvalue weighted by atomic mass is 9.85. The van der Waals surface area contributed by atoms with Gasteiger partial charge in [0, 0.05) is 19.7 Å². The molecule has 0 saturated carbocycles. The van der Waals surface area contributed by atoms with E-state index in [-0.39, 0.29) is 42.3 Å². The van der Waals surface area contributed by atoms with Gasteiger partial charge in [-0.25, -0.2) is 4.99 Å². The quantitative estimate of drug-likeness (QED) is 0.157. The number of allylic oxidation sites excluding steroid dienone is 1. The maximum Gasteiger partial charge on any atom is 0.273 e. The van der Waals surface area contributed by atoms with Crippen molar-refractivity contribution in [2.45, 2.75) is 93.1 Å². The Hall–Kier alpha value is -2.67. The molecule has 0 unspecified atom stereocenters. The summed E-state index contributed by atoms with van der Waals surface area (Å²) in [6.45, 7) is 17.2. The van der Waals surface area contributed by atoms with Crippen LogP contribution < -0.4 is 10.6 Å². The molecular weight excluding hydrogens is 454 g/mol. The van der Waals surface area contributed by atoms with Gasteiger partial charge in [-0.15, -0.1) is 0 Å². The molecule has 0 aliphatic carbocycles. The summed E-state index contributed by atoms with van der Waals surface area (Å²) >= 11 is 0. The van der Waals surface area contributed by atoms with Gasteiger partial charge in [0.2, 0.25) is 5.91 Å². The molecule has 0 radical (unpaired) electrons. The number of aryl methyl sites for hydroxylation is 1. The summed E-state index contributed by atoms with van der Waals surface area (Å²) in [6, 6.07) is 7.42. The van der Waals surface area contributed by atoms with E-state index in [9.17, 15) is 14.7 Å². The van der Waals surface area contributed by atoms with Gasteiger partial charge >= 0.3 is 0 Å². The number of ether oxygens (including phenoxy) is 1. The van der Waals surface area contributed by atoms with E-state index < -0.39 is 11.5 Å². The van der Waals surface area contributed by atoms with Crippen LogP contribution in [0.25, 0.3) is 0 Å². The molecule has 0 heterocycles. The Labute approximate surface area is 217 Å². The van der Waals surface area contributed by atoms with Gasteiger partial charge in [0.05, 0.1) is 17.7 Å². The fourth-order valence-electron chi connectivity index (χ4n) is 3.76. The molecule has 2 amide bonds. The van der Waals surface area contributed by atoms with Crippen molar-refractivity contribution in [3.63, 3.8) is 0 Å². The number of nitrogens with one attached hydrogen (secondary N) is 2. The number of benzene rings is 1. The highest BCUT2D eigenvalue weighted by atomic mass is 16.5. The van der Waals surface area contributed by atoms with E-state index in [0.29, 0.717) is 24.3 Å². The van der Waals surface area contributed by atoms with Crippen molar-refractivity contribution in [2.24, 2.45) is 10.4 Å². The number of carbonyl (C=O) groups is 2. The first-order valence-electron chi connectivity index (χ1n) is 13.0. The van der Waals surface area contributed by atoms with E-state index in [1.54, 1.807) is 13.0 Å². The van der Waals surface area contributed by atoms with Crippen molar-refractivity contribution in [2.75, 3.05) is 19.7 Å². The Morgan fingerprint density at radius 3 is 2.28 bits per heavy atom. The highest BCUT2D eigenvalue weighted by Gasteiger charge is 2.25. The minimum absolute atomic E-state index is 0.0319. The van der Waals surface area contributed by atoms with Crippen LogP contribution in [0, 0.1) is 12.3 Å². The van der Waals surface area contributed by atoms with Crippen LogP contribution in [-0.2, 0) is 14.3 Å². The van der Waals surface area contributed by atoms with Gasteiger partial charge in [0.15, 0.2) is 5.71 Å². The molecule has 3 N–H and O–H groups in total. The van der Waals surface area contributed by atoms with Crippen LogP contribution in [0.1, 0.15) is 86.1 Å². The number of aliphatic imine (C=N–C) groups is 1. The standard InChI is InChI=1S/C29H47N3O4/c1-9-15-28(5,6)16-19-36-29(7,8)20-24(33)30-17-18-31-27(35)25(26(34)21(3)10-2)32-23-14-12-11-13-22(23)4/h11-14,34H,9-10,15-20H2,1-8H3,(H,30,33)(H,31,35)/b26-21-,32-25?. The smallest absolute Gasteiger partial charge is 0.273 e. The van der Waals surface area contributed by atoms with Crippen molar-refractivity contribution < 1.29 is 19.4 Å². The van der Waals surface area contributed by atoms with Crippen molar-refractivity contribution >= 4 is 23.2 Å². The molecule has 0 aliphatic heterocycles. The van der Waals surface area contributed by atoms with Crippen molar-refractivity contribution in [3.8, 4) is 0 Å². The van der Waals surface area contributed by atoms with Crippen molar-refractivity contribution in [1.29, 1.82) is 0 Å². The minimum atomic E-state index is -0.572. The van der Waals surface area contributed by atoms with Gasteiger partial charge in [-0.3, -0.25) is 9.59 Å². The minimum Gasteiger partial charge on any atom is -0.506 e. The summed E-state index contributed by atoms with van der Waals surface area (Å²) in [5.41, 5.74) is 1.81. The van der Waals surface area contributed by atoms with Crippen LogP contribution in [0.3, 0.4) is 0 Å². The maximum absolute atomic E-state index is 12.9. The van der Waals surface area contributed by atoms with E-state index in [1.165, 1.54) is 0 Å². The fraction of sp³-hybridized carbons (Fsp3) is 0.621. The topological polar surface area (TPSA) is 100 Å². The molecule has 1 aromatic carbocycles. The molecule has 0 aliphatic rings. The summed E-state index contributed by atoms with van der Waals surface area (Å²) < 4.78 is 6.00. The zero-order valence-electron chi connectivity index (χ0n) is 23.6. The zero-order chi connectivity index (χ0) is 27.4. The number of rotatable bonds is 15. The van der Waals surface area contributed by atoms with Crippen LogP contribution >= 0.6 is 0 Å². The Kier molecular flexibility index (Phi) is 12.9. The molecule has 36 heavy (non-hydrogen) atoms. The predicted octanol–water partition coefficient (Wildman–Crippen LogP) is 5.94. The third-order valence-corrected chi connectivity index (χ3v) is 6.24.